The van der Waals surface area contributed by atoms with Gasteiger partial charge in [0.15, 0.2) is 11.5 Å². The zero-order chi connectivity index (χ0) is 19.6. The summed E-state index contributed by atoms with van der Waals surface area (Å²) in [6, 6.07) is 3.23. The Balaban J connectivity index is 0.00000210. The fourth-order valence-electron chi connectivity index (χ4n) is 2.58. The molecule has 0 saturated carbocycles. The third-order valence-electron chi connectivity index (χ3n) is 3.78. The van der Waals surface area contributed by atoms with Crippen LogP contribution in [0.2, 0.25) is 0 Å². The van der Waals surface area contributed by atoms with E-state index in [9.17, 15) is 18.0 Å². The molecule has 1 aromatic carbocycles. The van der Waals surface area contributed by atoms with Gasteiger partial charge in [-0.1, -0.05) is 0 Å². The third-order valence-corrected chi connectivity index (χ3v) is 3.78. The molecule has 29 heavy (non-hydrogen) atoms. The molecule has 158 valence electrons. The average Bonchev–Trinajstić information content (AvgIpc) is 3.09. The van der Waals surface area contributed by atoms with Crippen molar-refractivity contribution in [3.63, 3.8) is 0 Å². The molecular weight excluding hydrogens is 434 g/mol. The number of fused-ring (bicyclic) bond motifs is 1. The van der Waals surface area contributed by atoms with Gasteiger partial charge in [-0.15, -0.1) is 24.8 Å². The van der Waals surface area contributed by atoms with Gasteiger partial charge in [0, 0.05) is 19.3 Å². The summed E-state index contributed by atoms with van der Waals surface area (Å²) in [5.74, 6) is -0.0644. The highest BCUT2D eigenvalue weighted by atomic mass is 35.5. The van der Waals surface area contributed by atoms with Crippen molar-refractivity contribution in [2.24, 2.45) is 5.73 Å². The van der Waals surface area contributed by atoms with Crippen molar-refractivity contribution >= 4 is 53.4 Å². The van der Waals surface area contributed by atoms with Crippen LogP contribution in [0.25, 0.3) is 11.2 Å². The molecule has 0 fully saturated rings. The lowest BCUT2D eigenvalue weighted by molar-refractivity contribution is -0.137. The van der Waals surface area contributed by atoms with Crippen LogP contribution in [-0.4, -0.2) is 39.4 Å². The third kappa shape index (κ3) is 5.68. The number of halogens is 5. The second-order valence-electron chi connectivity index (χ2n) is 5.82. The van der Waals surface area contributed by atoms with E-state index in [0.29, 0.717) is 17.0 Å². The van der Waals surface area contributed by atoms with E-state index < -0.39 is 17.6 Å². The fourth-order valence-corrected chi connectivity index (χ4v) is 2.58. The van der Waals surface area contributed by atoms with Gasteiger partial charge in [-0.3, -0.25) is 4.79 Å². The maximum absolute atomic E-state index is 13.0. The number of carbonyl (C=O) groups is 1. The molecule has 2 aromatic heterocycles. The van der Waals surface area contributed by atoms with Crippen LogP contribution in [0.1, 0.15) is 11.1 Å². The lowest BCUT2D eigenvalue weighted by atomic mass is 10.1. The quantitative estimate of drug-likeness (QED) is 0.549. The predicted molar refractivity (Wildman–Crippen MR) is 107 cm³/mol. The lowest BCUT2D eigenvalue weighted by Gasteiger charge is -2.18. The van der Waals surface area contributed by atoms with Crippen LogP contribution in [0.5, 0.6) is 0 Å². The van der Waals surface area contributed by atoms with E-state index in [2.05, 4.69) is 25.3 Å². The molecule has 0 aliphatic heterocycles. The number of alkyl halides is 3. The Bertz CT molecular complexity index is 981. The number of aromatic amines is 1. The number of amides is 1. The van der Waals surface area contributed by atoms with Gasteiger partial charge in [-0.25, -0.2) is 15.0 Å². The summed E-state index contributed by atoms with van der Waals surface area (Å²) in [6.07, 6.45) is -1.77. The van der Waals surface area contributed by atoms with Gasteiger partial charge in [0.05, 0.1) is 18.4 Å². The number of nitrogens with one attached hydrogen (secondary N) is 2. The molecule has 8 nitrogen and oxygen atoms in total. The standard InChI is InChI=1S/C16H16F3N7O.2ClH/c1-26(15-13-14(22-7-21-13)23-8-24-15)6-12(27)25-11-3-9(5-20)2-10(4-11)16(17,18)19;;/h2-4,7-8H,5-6,20H2,1H3,(H,25,27)(H,21,22,23,24);2*1H. The van der Waals surface area contributed by atoms with E-state index in [1.54, 1.807) is 7.05 Å². The number of imidazole rings is 1. The van der Waals surface area contributed by atoms with Gasteiger partial charge in [0.2, 0.25) is 5.91 Å². The molecular formula is C16H18Cl2F3N7O. The Labute approximate surface area is 175 Å². The topological polar surface area (TPSA) is 113 Å². The normalized spacial score (nSPS) is 10.8. The number of hydrogen-bond acceptors (Lipinski definition) is 6. The van der Waals surface area contributed by atoms with Crippen molar-refractivity contribution in [1.82, 2.24) is 19.9 Å². The monoisotopic (exact) mass is 451 g/mol. The SMILES string of the molecule is CN(CC(=O)Nc1cc(CN)cc(C(F)(F)F)c1)c1ncnc2nc[nH]c12.Cl.Cl. The van der Waals surface area contributed by atoms with Crippen LogP contribution in [0.15, 0.2) is 30.9 Å². The first-order valence-electron chi connectivity index (χ1n) is 7.84. The molecule has 4 N–H and O–H groups in total. The first-order valence-corrected chi connectivity index (χ1v) is 7.84. The summed E-state index contributed by atoms with van der Waals surface area (Å²) >= 11 is 0. The summed E-state index contributed by atoms with van der Waals surface area (Å²) in [5.41, 5.74) is 5.87. The molecule has 3 rings (SSSR count). The second-order valence-corrected chi connectivity index (χ2v) is 5.82. The molecule has 1 amide bonds. The van der Waals surface area contributed by atoms with Gasteiger partial charge in [-0.05, 0) is 23.8 Å². The highest BCUT2D eigenvalue weighted by molar-refractivity contribution is 5.95. The summed E-state index contributed by atoms with van der Waals surface area (Å²) in [7, 11) is 1.62. The smallest absolute Gasteiger partial charge is 0.348 e. The second kappa shape index (κ2) is 9.72. The van der Waals surface area contributed by atoms with Crippen molar-refractivity contribution in [1.29, 1.82) is 0 Å². The number of likely N-dealkylation sites (N-methyl/N-ethyl adjacent to an activating group) is 1. The van der Waals surface area contributed by atoms with E-state index in [0.717, 1.165) is 12.1 Å². The van der Waals surface area contributed by atoms with Crippen molar-refractivity contribution < 1.29 is 18.0 Å². The van der Waals surface area contributed by atoms with Crippen LogP contribution in [-0.2, 0) is 17.5 Å². The van der Waals surface area contributed by atoms with E-state index in [1.165, 1.54) is 23.6 Å². The maximum atomic E-state index is 13.0. The van der Waals surface area contributed by atoms with Crippen molar-refractivity contribution in [2.75, 3.05) is 23.8 Å². The Morgan fingerprint density at radius 3 is 2.59 bits per heavy atom. The molecule has 0 aliphatic carbocycles. The number of benzene rings is 1. The van der Waals surface area contributed by atoms with E-state index >= 15 is 0 Å². The number of nitrogens with two attached hydrogens (primary N) is 1. The van der Waals surface area contributed by atoms with Crippen LogP contribution < -0.4 is 16.0 Å². The maximum Gasteiger partial charge on any atom is 0.416 e. The molecule has 0 unspecified atom stereocenters. The first kappa shape index (κ1) is 24.4. The summed E-state index contributed by atoms with van der Waals surface area (Å²) in [5, 5.41) is 2.47. The first-order chi connectivity index (χ1) is 12.8. The number of aromatic nitrogens is 4. The zero-order valence-corrected chi connectivity index (χ0v) is 16.7. The van der Waals surface area contributed by atoms with Gasteiger partial charge in [0.25, 0.3) is 0 Å². The van der Waals surface area contributed by atoms with Crippen LogP contribution in [0.3, 0.4) is 0 Å². The Morgan fingerprint density at radius 1 is 1.21 bits per heavy atom. The summed E-state index contributed by atoms with van der Waals surface area (Å²) in [4.78, 5) is 28.8. The molecule has 2 heterocycles. The van der Waals surface area contributed by atoms with Gasteiger partial charge < -0.3 is 20.9 Å². The predicted octanol–water partition coefficient (Wildman–Crippen LogP) is 2.75. The van der Waals surface area contributed by atoms with Crippen molar-refractivity contribution in [3.8, 4) is 0 Å². The number of rotatable bonds is 5. The number of carbonyl (C=O) groups excluding carboxylic acids is 1. The minimum Gasteiger partial charge on any atom is -0.348 e. The zero-order valence-electron chi connectivity index (χ0n) is 15.0. The molecule has 0 aliphatic rings. The largest absolute Gasteiger partial charge is 0.416 e. The molecule has 0 saturated heterocycles. The Kier molecular flexibility index (Phi) is 8.18. The van der Waals surface area contributed by atoms with Crippen molar-refractivity contribution in [2.45, 2.75) is 12.7 Å². The molecule has 0 bridgehead atoms. The number of anilines is 2. The van der Waals surface area contributed by atoms with E-state index in [1.807, 2.05) is 0 Å². The lowest BCUT2D eigenvalue weighted by Crippen LogP contribution is -2.31. The fraction of sp³-hybridized carbons (Fsp3) is 0.250. The minimum absolute atomic E-state index is 0. The van der Waals surface area contributed by atoms with Crippen LogP contribution >= 0.6 is 24.8 Å². The van der Waals surface area contributed by atoms with Gasteiger partial charge in [-0.2, -0.15) is 13.2 Å². The summed E-state index contributed by atoms with van der Waals surface area (Å²) < 4.78 is 39.0. The highest BCUT2D eigenvalue weighted by Crippen LogP contribution is 2.32. The highest BCUT2D eigenvalue weighted by Gasteiger charge is 2.31. The van der Waals surface area contributed by atoms with Crippen LogP contribution in [0.4, 0.5) is 24.7 Å². The number of H-pyrrole nitrogens is 1. The molecule has 0 radical (unpaired) electrons. The molecule has 0 atom stereocenters. The van der Waals surface area contributed by atoms with Crippen molar-refractivity contribution in [3.05, 3.63) is 42.0 Å². The molecule has 13 heteroatoms. The van der Waals surface area contributed by atoms with E-state index in [4.69, 9.17) is 5.73 Å². The van der Waals surface area contributed by atoms with Crippen LogP contribution in [0, 0.1) is 0 Å². The minimum atomic E-state index is -4.53. The Hall–Kier alpha value is -2.63. The van der Waals surface area contributed by atoms with E-state index in [-0.39, 0.29) is 49.2 Å². The number of hydrogen-bond donors (Lipinski definition) is 3. The Morgan fingerprint density at radius 2 is 1.93 bits per heavy atom. The molecule has 0 spiro atoms. The average molecular weight is 452 g/mol. The van der Waals surface area contributed by atoms with Gasteiger partial charge in [0.1, 0.15) is 11.8 Å². The number of nitrogens with zero attached hydrogens (tertiary/aromatic N) is 4. The van der Waals surface area contributed by atoms with Gasteiger partial charge >= 0.3 is 6.18 Å². The molecule has 3 aromatic rings. The summed E-state index contributed by atoms with van der Waals surface area (Å²) in [6.45, 7) is -0.217.